The molecule has 0 saturated carbocycles. The van der Waals surface area contributed by atoms with Crippen molar-refractivity contribution in [1.29, 1.82) is 0 Å². The van der Waals surface area contributed by atoms with E-state index in [1.165, 1.54) is 0 Å². The Hall–Kier alpha value is -1.67. The van der Waals surface area contributed by atoms with Gasteiger partial charge in [0.05, 0.1) is 5.41 Å². The monoisotopic (exact) mass is 328 g/mol. The first-order valence-electron chi connectivity index (χ1n) is 6.58. The van der Waals surface area contributed by atoms with Crippen molar-refractivity contribution in [3.05, 3.63) is 76.3 Å². The van der Waals surface area contributed by atoms with Crippen molar-refractivity contribution in [3.8, 4) is 0 Å². The van der Waals surface area contributed by atoms with Crippen LogP contribution in [0.25, 0.3) is 6.08 Å². The summed E-state index contributed by atoms with van der Waals surface area (Å²) < 4.78 is 1.02. The molecule has 2 heteroatoms. The fourth-order valence-electron chi connectivity index (χ4n) is 2.07. The first-order chi connectivity index (χ1) is 9.64. The lowest BCUT2D eigenvalue weighted by Crippen LogP contribution is -2.22. The Bertz CT molecular complexity index is 587. The highest BCUT2D eigenvalue weighted by Gasteiger charge is 2.24. The molecule has 1 atom stereocenters. The SMILES string of the molecule is C[C@](C=O)(C/C=C/c1ccccc1)c1ccc(Br)cc1. The van der Waals surface area contributed by atoms with Crippen LogP contribution in [-0.4, -0.2) is 6.29 Å². The van der Waals surface area contributed by atoms with Crippen molar-refractivity contribution < 1.29 is 4.79 Å². The molecule has 0 amide bonds. The predicted molar refractivity (Wildman–Crippen MR) is 87.7 cm³/mol. The number of hydrogen-bond acceptors (Lipinski definition) is 1. The summed E-state index contributed by atoms with van der Waals surface area (Å²) >= 11 is 3.42. The van der Waals surface area contributed by atoms with Crippen LogP contribution in [0.3, 0.4) is 0 Å². The normalized spacial score (nSPS) is 14.1. The van der Waals surface area contributed by atoms with Gasteiger partial charge in [-0.2, -0.15) is 0 Å². The molecule has 0 saturated heterocycles. The molecule has 0 aromatic heterocycles. The highest BCUT2D eigenvalue weighted by atomic mass is 79.9. The number of benzene rings is 2. The van der Waals surface area contributed by atoms with Gasteiger partial charge in [-0.15, -0.1) is 0 Å². The molecule has 1 nitrogen and oxygen atoms in total. The van der Waals surface area contributed by atoms with Gasteiger partial charge in [-0.3, -0.25) is 0 Å². The van der Waals surface area contributed by atoms with Gasteiger partial charge in [0.25, 0.3) is 0 Å². The zero-order valence-corrected chi connectivity index (χ0v) is 13.0. The number of carbonyl (C=O) groups is 1. The minimum Gasteiger partial charge on any atom is -0.302 e. The molecule has 20 heavy (non-hydrogen) atoms. The molecule has 0 unspecified atom stereocenters. The van der Waals surface area contributed by atoms with Gasteiger partial charge >= 0.3 is 0 Å². The summed E-state index contributed by atoms with van der Waals surface area (Å²) in [4.78, 5) is 11.5. The second kappa shape index (κ2) is 6.67. The van der Waals surface area contributed by atoms with E-state index in [1.807, 2.05) is 61.5 Å². The van der Waals surface area contributed by atoms with Crippen LogP contribution in [0.1, 0.15) is 24.5 Å². The van der Waals surface area contributed by atoms with E-state index in [4.69, 9.17) is 0 Å². The third kappa shape index (κ3) is 3.67. The number of allylic oxidation sites excluding steroid dienone is 1. The molecule has 0 aliphatic carbocycles. The van der Waals surface area contributed by atoms with Gasteiger partial charge in [0.1, 0.15) is 6.29 Å². The topological polar surface area (TPSA) is 17.1 Å². The summed E-state index contributed by atoms with van der Waals surface area (Å²) in [6.07, 6.45) is 5.84. The lowest BCUT2D eigenvalue weighted by molar-refractivity contribution is -0.112. The van der Waals surface area contributed by atoms with Crippen molar-refractivity contribution in [3.63, 3.8) is 0 Å². The number of carbonyl (C=O) groups excluding carboxylic acids is 1. The summed E-state index contributed by atoms with van der Waals surface area (Å²) in [5.41, 5.74) is 1.70. The van der Waals surface area contributed by atoms with Crippen LogP contribution in [0.2, 0.25) is 0 Å². The molecule has 0 aliphatic heterocycles. The van der Waals surface area contributed by atoms with Crippen molar-refractivity contribution in [2.45, 2.75) is 18.8 Å². The molecular weight excluding hydrogens is 312 g/mol. The van der Waals surface area contributed by atoms with Crippen molar-refractivity contribution >= 4 is 28.3 Å². The van der Waals surface area contributed by atoms with Gasteiger partial charge in [0.15, 0.2) is 0 Å². The van der Waals surface area contributed by atoms with Crippen LogP contribution in [0.4, 0.5) is 0 Å². The molecule has 0 aliphatic rings. The zero-order chi connectivity index (χ0) is 14.4. The van der Waals surface area contributed by atoms with Crippen LogP contribution in [0, 0.1) is 0 Å². The van der Waals surface area contributed by atoms with Crippen molar-refractivity contribution in [2.75, 3.05) is 0 Å². The second-order valence-electron chi connectivity index (χ2n) is 5.06. The summed E-state index contributed by atoms with van der Waals surface area (Å²) in [5.74, 6) is 0. The van der Waals surface area contributed by atoms with E-state index in [1.54, 1.807) is 0 Å². The molecule has 0 N–H and O–H groups in total. The molecule has 0 spiro atoms. The first-order valence-corrected chi connectivity index (χ1v) is 7.37. The third-order valence-electron chi connectivity index (χ3n) is 3.42. The molecule has 2 rings (SSSR count). The average molecular weight is 329 g/mol. The maximum atomic E-state index is 11.5. The van der Waals surface area contributed by atoms with Crippen molar-refractivity contribution in [1.82, 2.24) is 0 Å². The van der Waals surface area contributed by atoms with E-state index in [0.717, 1.165) is 21.9 Å². The van der Waals surface area contributed by atoms with E-state index in [-0.39, 0.29) is 0 Å². The van der Waals surface area contributed by atoms with E-state index < -0.39 is 5.41 Å². The molecule has 0 bridgehead atoms. The quantitative estimate of drug-likeness (QED) is 0.705. The Kier molecular flexibility index (Phi) is 4.91. The Morgan fingerprint density at radius 1 is 1.05 bits per heavy atom. The Morgan fingerprint density at radius 3 is 2.30 bits per heavy atom. The van der Waals surface area contributed by atoms with Gasteiger partial charge in [0.2, 0.25) is 0 Å². The second-order valence-corrected chi connectivity index (χ2v) is 5.98. The summed E-state index contributed by atoms with van der Waals surface area (Å²) in [6, 6.07) is 18.0. The molecule has 2 aromatic rings. The summed E-state index contributed by atoms with van der Waals surface area (Å²) in [5, 5.41) is 0. The summed E-state index contributed by atoms with van der Waals surface area (Å²) in [7, 11) is 0. The average Bonchev–Trinajstić information content (AvgIpc) is 2.49. The Balaban J connectivity index is 2.14. The number of halogens is 1. The van der Waals surface area contributed by atoms with Crippen molar-refractivity contribution in [2.24, 2.45) is 0 Å². The number of hydrogen-bond donors (Lipinski definition) is 0. The van der Waals surface area contributed by atoms with Gasteiger partial charge in [-0.05, 0) is 36.6 Å². The molecule has 0 radical (unpaired) electrons. The van der Waals surface area contributed by atoms with E-state index in [0.29, 0.717) is 6.42 Å². The maximum Gasteiger partial charge on any atom is 0.130 e. The minimum atomic E-state index is -0.480. The molecular formula is C18H17BrO. The first kappa shape index (κ1) is 14.7. The largest absolute Gasteiger partial charge is 0.302 e. The molecule has 0 fully saturated rings. The van der Waals surface area contributed by atoms with Gasteiger partial charge in [0, 0.05) is 4.47 Å². The highest BCUT2D eigenvalue weighted by Crippen LogP contribution is 2.27. The van der Waals surface area contributed by atoms with E-state index in [9.17, 15) is 4.79 Å². The van der Waals surface area contributed by atoms with E-state index >= 15 is 0 Å². The highest BCUT2D eigenvalue weighted by molar-refractivity contribution is 9.10. The maximum absolute atomic E-state index is 11.5. The third-order valence-corrected chi connectivity index (χ3v) is 3.94. The van der Waals surface area contributed by atoms with Crippen LogP contribution >= 0.6 is 15.9 Å². The van der Waals surface area contributed by atoms with Crippen LogP contribution in [-0.2, 0) is 10.2 Å². The van der Waals surface area contributed by atoms with Gasteiger partial charge in [-0.1, -0.05) is 70.5 Å². The molecule has 2 aromatic carbocycles. The molecule has 102 valence electrons. The standard InChI is InChI=1S/C18H17BrO/c1-18(14-20,16-9-11-17(19)12-10-16)13-5-8-15-6-3-2-4-7-15/h2-12,14H,13H2,1H3/b8-5+/t18-/m1/s1. The number of aldehydes is 1. The van der Waals surface area contributed by atoms with Crippen LogP contribution in [0.15, 0.2) is 65.1 Å². The zero-order valence-electron chi connectivity index (χ0n) is 11.4. The fourth-order valence-corrected chi connectivity index (χ4v) is 2.33. The minimum absolute atomic E-state index is 0.480. The van der Waals surface area contributed by atoms with Gasteiger partial charge < -0.3 is 4.79 Å². The smallest absolute Gasteiger partial charge is 0.130 e. The lowest BCUT2D eigenvalue weighted by atomic mass is 9.81. The molecule has 0 heterocycles. The predicted octanol–water partition coefficient (Wildman–Crippen LogP) is 5.01. The van der Waals surface area contributed by atoms with E-state index in [2.05, 4.69) is 28.1 Å². The Morgan fingerprint density at radius 2 is 1.70 bits per heavy atom. The van der Waals surface area contributed by atoms with Crippen LogP contribution in [0.5, 0.6) is 0 Å². The lowest BCUT2D eigenvalue weighted by Gasteiger charge is -2.22. The number of rotatable bonds is 5. The summed E-state index contributed by atoms with van der Waals surface area (Å²) in [6.45, 7) is 1.97. The van der Waals surface area contributed by atoms with Crippen LogP contribution < -0.4 is 0 Å². The fraction of sp³-hybridized carbons (Fsp3) is 0.167. The van der Waals surface area contributed by atoms with Gasteiger partial charge in [-0.25, -0.2) is 0 Å². The Labute approximate surface area is 128 Å².